The average molecular weight is 190 g/mol. The van der Waals surface area contributed by atoms with Crippen LogP contribution >= 0.6 is 0 Å². The lowest BCUT2D eigenvalue weighted by Crippen LogP contribution is -2.17. The number of nitrogens with two attached hydrogens (primary N) is 1. The van der Waals surface area contributed by atoms with Crippen molar-refractivity contribution in [2.45, 2.75) is 19.4 Å². The van der Waals surface area contributed by atoms with Gasteiger partial charge in [0.25, 0.3) is 0 Å². The fraction of sp³-hybridized carbons (Fsp3) is 0.273. The lowest BCUT2D eigenvalue weighted by atomic mass is 10.2. The van der Waals surface area contributed by atoms with Crippen LogP contribution in [0.1, 0.15) is 12.6 Å². The Bertz CT molecular complexity index is 445. The minimum atomic E-state index is 0.150. The van der Waals surface area contributed by atoms with Crippen LogP contribution in [0.5, 0.6) is 5.75 Å². The third kappa shape index (κ3) is 1.72. The van der Waals surface area contributed by atoms with Crippen molar-refractivity contribution >= 4 is 10.9 Å². The number of fused-ring (bicyclic) bond motifs is 1. The molecule has 1 unspecified atom stereocenters. The fourth-order valence-corrected chi connectivity index (χ4v) is 1.63. The number of phenols is 1. The van der Waals surface area contributed by atoms with Gasteiger partial charge in [-0.15, -0.1) is 0 Å². The van der Waals surface area contributed by atoms with E-state index >= 15 is 0 Å². The van der Waals surface area contributed by atoms with Crippen molar-refractivity contribution in [3.8, 4) is 5.75 Å². The quantitative estimate of drug-likeness (QED) is 0.675. The smallest absolute Gasteiger partial charge is 0.117 e. The van der Waals surface area contributed by atoms with Gasteiger partial charge >= 0.3 is 0 Å². The number of nitrogens with one attached hydrogen (secondary N) is 1. The maximum absolute atomic E-state index is 9.28. The lowest BCUT2D eigenvalue weighted by molar-refractivity contribution is 0.476. The van der Waals surface area contributed by atoms with Gasteiger partial charge in [-0.3, -0.25) is 0 Å². The van der Waals surface area contributed by atoms with E-state index in [1.165, 1.54) is 0 Å². The minimum absolute atomic E-state index is 0.150. The maximum atomic E-state index is 9.28. The molecule has 0 radical (unpaired) electrons. The summed E-state index contributed by atoms with van der Waals surface area (Å²) in [5, 5.41) is 10.4. The van der Waals surface area contributed by atoms with Crippen LogP contribution < -0.4 is 5.73 Å². The summed E-state index contributed by atoms with van der Waals surface area (Å²) >= 11 is 0. The lowest BCUT2D eigenvalue weighted by Gasteiger charge is -2.00. The molecule has 1 aromatic carbocycles. The summed E-state index contributed by atoms with van der Waals surface area (Å²) in [6, 6.07) is 7.52. The van der Waals surface area contributed by atoms with Gasteiger partial charge in [0.1, 0.15) is 5.75 Å². The molecular formula is C11H14N2O. The Morgan fingerprint density at radius 2 is 2.21 bits per heavy atom. The predicted molar refractivity (Wildman–Crippen MR) is 57.3 cm³/mol. The van der Waals surface area contributed by atoms with E-state index in [-0.39, 0.29) is 11.8 Å². The van der Waals surface area contributed by atoms with Crippen molar-refractivity contribution in [1.29, 1.82) is 0 Å². The van der Waals surface area contributed by atoms with Gasteiger partial charge in [-0.25, -0.2) is 0 Å². The van der Waals surface area contributed by atoms with E-state index in [4.69, 9.17) is 5.73 Å². The van der Waals surface area contributed by atoms with Crippen LogP contribution in [-0.2, 0) is 6.42 Å². The normalized spacial score (nSPS) is 13.3. The molecule has 1 aromatic heterocycles. The molecule has 0 aliphatic rings. The van der Waals surface area contributed by atoms with E-state index in [1.807, 2.05) is 13.0 Å². The molecular weight excluding hydrogens is 176 g/mol. The van der Waals surface area contributed by atoms with Crippen molar-refractivity contribution in [2.75, 3.05) is 0 Å². The molecule has 0 saturated carbocycles. The molecule has 0 bridgehead atoms. The highest BCUT2D eigenvalue weighted by Crippen LogP contribution is 2.20. The second-order valence-corrected chi connectivity index (χ2v) is 3.75. The number of aromatic nitrogens is 1. The monoisotopic (exact) mass is 190 g/mol. The highest BCUT2D eigenvalue weighted by Gasteiger charge is 2.03. The van der Waals surface area contributed by atoms with Crippen LogP contribution in [0.4, 0.5) is 0 Å². The first-order valence-electron chi connectivity index (χ1n) is 4.71. The number of phenolic OH excluding ortho intramolecular Hbond substituents is 1. The van der Waals surface area contributed by atoms with Gasteiger partial charge in [0.15, 0.2) is 0 Å². The SMILES string of the molecule is CC(N)Cc1cc2ccc(O)cc2[nH]1. The van der Waals surface area contributed by atoms with Gasteiger partial charge < -0.3 is 15.8 Å². The average Bonchev–Trinajstić information content (AvgIpc) is 2.44. The summed E-state index contributed by atoms with van der Waals surface area (Å²) in [7, 11) is 0. The Labute approximate surface area is 82.6 Å². The molecule has 4 N–H and O–H groups in total. The Morgan fingerprint density at radius 1 is 1.43 bits per heavy atom. The molecule has 74 valence electrons. The molecule has 0 amide bonds. The summed E-state index contributed by atoms with van der Waals surface area (Å²) in [6.07, 6.45) is 0.829. The number of hydrogen-bond acceptors (Lipinski definition) is 2. The third-order valence-electron chi connectivity index (χ3n) is 2.20. The highest BCUT2D eigenvalue weighted by molar-refractivity contribution is 5.81. The van der Waals surface area contributed by atoms with Crippen molar-refractivity contribution in [3.63, 3.8) is 0 Å². The standard InChI is InChI=1S/C11H14N2O/c1-7(12)4-9-5-8-2-3-10(14)6-11(8)13-9/h2-3,5-7,13-14H,4,12H2,1H3. The van der Waals surface area contributed by atoms with Gasteiger partial charge in [-0.2, -0.15) is 0 Å². The second-order valence-electron chi connectivity index (χ2n) is 3.75. The van der Waals surface area contributed by atoms with E-state index in [0.717, 1.165) is 23.0 Å². The molecule has 2 rings (SSSR count). The van der Waals surface area contributed by atoms with Crippen LogP contribution in [-0.4, -0.2) is 16.1 Å². The Hall–Kier alpha value is -1.48. The minimum Gasteiger partial charge on any atom is -0.508 e. The van der Waals surface area contributed by atoms with Crippen LogP contribution in [0.3, 0.4) is 0 Å². The van der Waals surface area contributed by atoms with Crippen LogP contribution in [0.25, 0.3) is 10.9 Å². The number of aromatic hydroxyl groups is 1. The van der Waals surface area contributed by atoms with Crippen molar-refractivity contribution < 1.29 is 5.11 Å². The van der Waals surface area contributed by atoms with Gasteiger partial charge in [0.05, 0.1) is 0 Å². The van der Waals surface area contributed by atoms with Crippen molar-refractivity contribution in [2.24, 2.45) is 5.73 Å². The summed E-state index contributed by atoms with van der Waals surface area (Å²) in [6.45, 7) is 1.98. The second kappa shape index (κ2) is 3.35. The van der Waals surface area contributed by atoms with Crippen molar-refractivity contribution in [3.05, 3.63) is 30.0 Å². The topological polar surface area (TPSA) is 62.0 Å². The summed E-state index contributed by atoms with van der Waals surface area (Å²) in [5.41, 5.74) is 7.78. The van der Waals surface area contributed by atoms with Gasteiger partial charge in [-0.05, 0) is 30.5 Å². The number of hydrogen-bond donors (Lipinski definition) is 3. The molecule has 3 heteroatoms. The van der Waals surface area contributed by atoms with Crippen LogP contribution in [0, 0.1) is 0 Å². The number of benzene rings is 1. The molecule has 14 heavy (non-hydrogen) atoms. The van der Waals surface area contributed by atoms with E-state index in [1.54, 1.807) is 12.1 Å². The number of H-pyrrole nitrogens is 1. The molecule has 0 spiro atoms. The first kappa shape index (κ1) is 9.09. The van der Waals surface area contributed by atoms with E-state index in [9.17, 15) is 5.11 Å². The zero-order valence-corrected chi connectivity index (χ0v) is 8.12. The van der Waals surface area contributed by atoms with E-state index in [2.05, 4.69) is 11.1 Å². The maximum Gasteiger partial charge on any atom is 0.117 e. The Kier molecular flexibility index (Phi) is 2.17. The molecule has 0 fully saturated rings. The molecule has 2 aromatic rings. The zero-order chi connectivity index (χ0) is 10.1. The van der Waals surface area contributed by atoms with E-state index < -0.39 is 0 Å². The summed E-state index contributed by atoms with van der Waals surface area (Å²) < 4.78 is 0. The Morgan fingerprint density at radius 3 is 2.93 bits per heavy atom. The molecule has 0 saturated heterocycles. The number of aromatic amines is 1. The fourth-order valence-electron chi connectivity index (χ4n) is 1.63. The Balaban J connectivity index is 2.41. The molecule has 1 atom stereocenters. The summed E-state index contributed by atoms with van der Waals surface area (Å²) in [5.74, 6) is 0.284. The predicted octanol–water partition coefficient (Wildman–Crippen LogP) is 1.76. The largest absolute Gasteiger partial charge is 0.508 e. The summed E-state index contributed by atoms with van der Waals surface area (Å²) in [4.78, 5) is 3.23. The number of rotatable bonds is 2. The van der Waals surface area contributed by atoms with Gasteiger partial charge in [0, 0.05) is 29.7 Å². The molecule has 0 aliphatic carbocycles. The third-order valence-corrected chi connectivity index (χ3v) is 2.20. The molecule has 0 aliphatic heterocycles. The zero-order valence-electron chi connectivity index (χ0n) is 8.12. The van der Waals surface area contributed by atoms with Gasteiger partial charge in [0.2, 0.25) is 0 Å². The molecule has 1 heterocycles. The van der Waals surface area contributed by atoms with Crippen LogP contribution in [0.2, 0.25) is 0 Å². The first-order chi connectivity index (χ1) is 6.65. The van der Waals surface area contributed by atoms with Crippen molar-refractivity contribution in [1.82, 2.24) is 4.98 Å². The first-order valence-corrected chi connectivity index (χ1v) is 4.71. The molecule has 3 nitrogen and oxygen atoms in total. The van der Waals surface area contributed by atoms with Gasteiger partial charge in [-0.1, -0.05) is 0 Å². The highest BCUT2D eigenvalue weighted by atomic mass is 16.3. The van der Waals surface area contributed by atoms with Crippen LogP contribution in [0.15, 0.2) is 24.3 Å². The van der Waals surface area contributed by atoms with E-state index in [0.29, 0.717) is 0 Å².